The number of nitrogens with two attached hydrogens (primary N) is 1. The van der Waals surface area contributed by atoms with E-state index in [0.717, 1.165) is 12.8 Å². The van der Waals surface area contributed by atoms with Crippen molar-refractivity contribution < 1.29 is 9.47 Å². The van der Waals surface area contributed by atoms with Gasteiger partial charge in [-0.1, -0.05) is 12.8 Å². The van der Waals surface area contributed by atoms with Crippen LogP contribution in [0.5, 0.6) is 0 Å². The predicted octanol–water partition coefficient (Wildman–Crippen LogP) is 1.51. The molecule has 1 aliphatic rings. The number of ether oxygens (including phenoxy) is 2. The van der Waals surface area contributed by atoms with E-state index in [1.165, 1.54) is 19.3 Å². The van der Waals surface area contributed by atoms with Crippen molar-refractivity contribution in [1.29, 1.82) is 0 Å². The highest BCUT2D eigenvalue weighted by atomic mass is 16.7. The summed E-state index contributed by atoms with van der Waals surface area (Å²) in [6.45, 7) is 0. The van der Waals surface area contributed by atoms with Crippen molar-refractivity contribution in [3.8, 4) is 0 Å². The molecular weight excluding hydrogens is 166 g/mol. The monoisotopic (exact) mass is 187 g/mol. The SMILES string of the molecule is COC(CC1CCCC(N)C1)OC. The van der Waals surface area contributed by atoms with Crippen LogP contribution in [0, 0.1) is 5.92 Å². The summed E-state index contributed by atoms with van der Waals surface area (Å²) in [6, 6.07) is 0.396. The maximum absolute atomic E-state index is 5.90. The van der Waals surface area contributed by atoms with Crippen molar-refractivity contribution in [3.63, 3.8) is 0 Å². The average molecular weight is 187 g/mol. The van der Waals surface area contributed by atoms with Gasteiger partial charge < -0.3 is 15.2 Å². The number of methoxy groups -OCH3 is 2. The van der Waals surface area contributed by atoms with E-state index in [0.29, 0.717) is 12.0 Å². The summed E-state index contributed by atoms with van der Waals surface area (Å²) in [5.41, 5.74) is 5.90. The van der Waals surface area contributed by atoms with Gasteiger partial charge in [-0.05, 0) is 18.8 Å². The average Bonchev–Trinajstić information content (AvgIpc) is 2.14. The van der Waals surface area contributed by atoms with E-state index < -0.39 is 0 Å². The third kappa shape index (κ3) is 3.63. The molecule has 0 amide bonds. The molecule has 1 fully saturated rings. The molecule has 0 radical (unpaired) electrons. The van der Waals surface area contributed by atoms with Crippen LogP contribution in [0.25, 0.3) is 0 Å². The molecule has 0 aliphatic heterocycles. The van der Waals surface area contributed by atoms with Crippen molar-refractivity contribution >= 4 is 0 Å². The largest absolute Gasteiger partial charge is 0.356 e. The van der Waals surface area contributed by atoms with Gasteiger partial charge in [0.2, 0.25) is 0 Å². The Hall–Kier alpha value is -0.120. The third-order valence-corrected chi connectivity index (χ3v) is 2.87. The van der Waals surface area contributed by atoms with Gasteiger partial charge in [-0.3, -0.25) is 0 Å². The molecule has 2 unspecified atom stereocenters. The minimum atomic E-state index is -0.0460. The van der Waals surface area contributed by atoms with Crippen LogP contribution in [0.2, 0.25) is 0 Å². The first-order chi connectivity index (χ1) is 6.26. The van der Waals surface area contributed by atoms with Crippen LogP contribution < -0.4 is 5.73 Å². The summed E-state index contributed by atoms with van der Waals surface area (Å²) in [7, 11) is 3.38. The first kappa shape index (κ1) is 11.0. The Morgan fingerprint density at radius 3 is 2.54 bits per heavy atom. The van der Waals surface area contributed by atoms with Crippen LogP contribution >= 0.6 is 0 Å². The lowest BCUT2D eigenvalue weighted by atomic mass is 9.84. The maximum Gasteiger partial charge on any atom is 0.157 e. The van der Waals surface area contributed by atoms with Gasteiger partial charge in [-0.2, -0.15) is 0 Å². The van der Waals surface area contributed by atoms with E-state index in [-0.39, 0.29) is 6.29 Å². The molecule has 0 heterocycles. The number of hydrogen-bond acceptors (Lipinski definition) is 3. The van der Waals surface area contributed by atoms with Crippen LogP contribution in [-0.2, 0) is 9.47 Å². The van der Waals surface area contributed by atoms with Crippen LogP contribution in [0.4, 0.5) is 0 Å². The zero-order valence-corrected chi connectivity index (χ0v) is 8.66. The summed E-state index contributed by atoms with van der Waals surface area (Å²) in [5.74, 6) is 0.689. The van der Waals surface area contributed by atoms with Crippen molar-refractivity contribution in [3.05, 3.63) is 0 Å². The van der Waals surface area contributed by atoms with Gasteiger partial charge in [0.25, 0.3) is 0 Å². The van der Waals surface area contributed by atoms with Gasteiger partial charge in [0, 0.05) is 26.7 Å². The Morgan fingerprint density at radius 1 is 1.31 bits per heavy atom. The van der Waals surface area contributed by atoms with E-state index in [1.807, 2.05) is 0 Å². The van der Waals surface area contributed by atoms with Crippen molar-refractivity contribution in [2.45, 2.75) is 44.4 Å². The molecular formula is C10H21NO2. The minimum Gasteiger partial charge on any atom is -0.356 e. The second-order valence-electron chi connectivity index (χ2n) is 3.93. The molecule has 1 aliphatic carbocycles. The fraction of sp³-hybridized carbons (Fsp3) is 1.00. The molecule has 3 heteroatoms. The second-order valence-corrected chi connectivity index (χ2v) is 3.93. The molecule has 13 heavy (non-hydrogen) atoms. The van der Waals surface area contributed by atoms with Gasteiger partial charge in [0.1, 0.15) is 0 Å². The normalized spacial score (nSPS) is 29.5. The van der Waals surface area contributed by atoms with E-state index in [2.05, 4.69) is 0 Å². The molecule has 2 atom stereocenters. The third-order valence-electron chi connectivity index (χ3n) is 2.87. The highest BCUT2D eigenvalue weighted by Gasteiger charge is 2.22. The van der Waals surface area contributed by atoms with Crippen molar-refractivity contribution in [2.75, 3.05) is 14.2 Å². The van der Waals surface area contributed by atoms with Crippen LogP contribution in [0.3, 0.4) is 0 Å². The van der Waals surface area contributed by atoms with E-state index >= 15 is 0 Å². The van der Waals surface area contributed by atoms with Gasteiger partial charge in [0.15, 0.2) is 6.29 Å². The molecule has 0 aromatic carbocycles. The first-order valence-corrected chi connectivity index (χ1v) is 5.07. The quantitative estimate of drug-likeness (QED) is 0.678. The smallest absolute Gasteiger partial charge is 0.157 e. The summed E-state index contributed by atoms with van der Waals surface area (Å²) < 4.78 is 10.3. The molecule has 0 saturated heterocycles. The molecule has 1 saturated carbocycles. The first-order valence-electron chi connectivity index (χ1n) is 5.07. The molecule has 2 N–H and O–H groups in total. The minimum absolute atomic E-state index is 0.0460. The maximum atomic E-state index is 5.90. The highest BCUT2D eigenvalue weighted by Crippen LogP contribution is 2.27. The highest BCUT2D eigenvalue weighted by molar-refractivity contribution is 4.75. The van der Waals surface area contributed by atoms with Crippen LogP contribution in [0.15, 0.2) is 0 Å². The Labute approximate surface area is 80.6 Å². The molecule has 0 spiro atoms. The van der Waals surface area contributed by atoms with Crippen LogP contribution in [0.1, 0.15) is 32.1 Å². The molecule has 3 nitrogen and oxygen atoms in total. The van der Waals surface area contributed by atoms with Crippen molar-refractivity contribution in [2.24, 2.45) is 11.7 Å². The predicted molar refractivity (Wildman–Crippen MR) is 52.4 cm³/mol. The summed E-state index contributed by atoms with van der Waals surface area (Å²) >= 11 is 0. The molecule has 0 bridgehead atoms. The van der Waals surface area contributed by atoms with E-state index in [9.17, 15) is 0 Å². The summed E-state index contributed by atoms with van der Waals surface area (Å²) in [4.78, 5) is 0. The van der Waals surface area contributed by atoms with E-state index in [1.54, 1.807) is 14.2 Å². The number of hydrogen-bond donors (Lipinski definition) is 1. The summed E-state index contributed by atoms with van der Waals surface area (Å²) in [6.07, 6.45) is 5.78. The molecule has 0 aromatic heterocycles. The van der Waals surface area contributed by atoms with Gasteiger partial charge in [-0.25, -0.2) is 0 Å². The van der Waals surface area contributed by atoms with Gasteiger partial charge >= 0.3 is 0 Å². The Kier molecular flexibility index (Phi) is 4.70. The van der Waals surface area contributed by atoms with E-state index in [4.69, 9.17) is 15.2 Å². The Balaban J connectivity index is 2.26. The fourth-order valence-corrected chi connectivity index (χ4v) is 2.11. The van der Waals surface area contributed by atoms with Crippen LogP contribution in [-0.4, -0.2) is 26.6 Å². The lowest BCUT2D eigenvalue weighted by Crippen LogP contribution is -2.30. The second kappa shape index (κ2) is 5.58. The fourth-order valence-electron chi connectivity index (χ4n) is 2.11. The Morgan fingerprint density at radius 2 is 2.00 bits per heavy atom. The summed E-state index contributed by atoms with van der Waals surface area (Å²) in [5, 5.41) is 0. The van der Waals surface area contributed by atoms with Gasteiger partial charge in [-0.15, -0.1) is 0 Å². The topological polar surface area (TPSA) is 44.5 Å². The molecule has 1 rings (SSSR count). The molecule has 78 valence electrons. The number of rotatable bonds is 4. The Bertz CT molecular complexity index is 137. The lowest BCUT2D eigenvalue weighted by Gasteiger charge is -2.28. The zero-order valence-electron chi connectivity index (χ0n) is 8.66. The lowest BCUT2D eigenvalue weighted by molar-refractivity contribution is -0.116. The zero-order chi connectivity index (χ0) is 9.68. The standard InChI is InChI=1S/C10H21NO2/c1-12-10(13-2)7-8-4-3-5-9(11)6-8/h8-10H,3-7,11H2,1-2H3. The van der Waals surface area contributed by atoms with Gasteiger partial charge in [0.05, 0.1) is 0 Å². The van der Waals surface area contributed by atoms with Crippen molar-refractivity contribution in [1.82, 2.24) is 0 Å². The molecule has 0 aromatic rings.